The Morgan fingerprint density at radius 3 is 1.33 bits per heavy atom. The van der Waals surface area contributed by atoms with Gasteiger partial charge in [-0.05, 0) is 55.6 Å². The second kappa shape index (κ2) is 12.0. The van der Waals surface area contributed by atoms with Gasteiger partial charge in [-0.2, -0.15) is 8.42 Å². The van der Waals surface area contributed by atoms with E-state index < -0.39 is 18.0 Å². The SMILES string of the molecule is CCN(CC)CC.O=S(=O)(O)c1ccc(P(c2ccccc2)c2ccccc2)cc1. The van der Waals surface area contributed by atoms with Crippen LogP contribution >= 0.6 is 7.92 Å². The lowest BCUT2D eigenvalue weighted by molar-refractivity contribution is 0.321. The van der Waals surface area contributed by atoms with Crippen molar-refractivity contribution in [2.75, 3.05) is 19.6 Å². The van der Waals surface area contributed by atoms with Crippen LogP contribution in [0.5, 0.6) is 0 Å². The van der Waals surface area contributed by atoms with Gasteiger partial charge in [-0.25, -0.2) is 0 Å². The number of benzene rings is 3. The first-order valence-corrected chi connectivity index (χ1v) is 12.9. The quantitative estimate of drug-likeness (QED) is 0.442. The zero-order valence-corrected chi connectivity index (χ0v) is 19.5. The number of hydrogen-bond acceptors (Lipinski definition) is 3. The monoisotopic (exact) mass is 443 g/mol. The Hall–Kier alpha value is -2.04. The minimum atomic E-state index is -4.17. The highest BCUT2D eigenvalue weighted by molar-refractivity contribution is 7.85. The lowest BCUT2D eigenvalue weighted by atomic mass is 10.3. The number of hydrogen-bond donors (Lipinski definition) is 1. The van der Waals surface area contributed by atoms with E-state index in [4.69, 9.17) is 4.55 Å². The largest absolute Gasteiger partial charge is 0.304 e. The highest BCUT2D eigenvalue weighted by Crippen LogP contribution is 2.32. The maximum atomic E-state index is 11.2. The topological polar surface area (TPSA) is 57.6 Å². The van der Waals surface area contributed by atoms with Gasteiger partial charge < -0.3 is 4.90 Å². The van der Waals surface area contributed by atoms with Crippen LogP contribution in [0.1, 0.15) is 20.8 Å². The highest BCUT2D eigenvalue weighted by atomic mass is 32.2. The summed E-state index contributed by atoms with van der Waals surface area (Å²) < 4.78 is 31.6. The molecule has 0 spiro atoms. The Labute approximate surface area is 182 Å². The third-order valence-electron chi connectivity index (χ3n) is 4.76. The normalized spacial score (nSPS) is 11.3. The van der Waals surface area contributed by atoms with E-state index in [-0.39, 0.29) is 4.90 Å². The summed E-state index contributed by atoms with van der Waals surface area (Å²) in [7, 11) is -4.94. The van der Waals surface area contributed by atoms with Crippen molar-refractivity contribution in [3.8, 4) is 0 Å². The van der Waals surface area contributed by atoms with E-state index in [0.29, 0.717) is 0 Å². The van der Waals surface area contributed by atoms with Crippen molar-refractivity contribution in [2.24, 2.45) is 0 Å². The molecule has 3 rings (SSSR count). The smallest absolute Gasteiger partial charge is 0.294 e. The van der Waals surface area contributed by atoms with Gasteiger partial charge in [0, 0.05) is 0 Å². The molecule has 0 saturated heterocycles. The lowest BCUT2D eigenvalue weighted by Crippen LogP contribution is -2.21. The Morgan fingerprint density at radius 1 is 0.667 bits per heavy atom. The van der Waals surface area contributed by atoms with Crippen LogP contribution < -0.4 is 15.9 Å². The summed E-state index contributed by atoms with van der Waals surface area (Å²) in [5.41, 5.74) is 0. The molecule has 0 amide bonds. The summed E-state index contributed by atoms with van der Waals surface area (Å²) in [5, 5.41) is 3.41. The molecule has 0 aliphatic carbocycles. The van der Waals surface area contributed by atoms with Crippen molar-refractivity contribution in [3.63, 3.8) is 0 Å². The van der Waals surface area contributed by atoms with Gasteiger partial charge in [0.05, 0.1) is 4.90 Å². The Kier molecular flexibility index (Phi) is 9.67. The number of nitrogens with zero attached hydrogens (tertiary/aromatic N) is 1. The molecule has 3 aromatic rings. The predicted octanol–water partition coefficient (Wildman–Crippen LogP) is 4.04. The zero-order valence-electron chi connectivity index (χ0n) is 17.8. The van der Waals surface area contributed by atoms with Crippen molar-refractivity contribution in [3.05, 3.63) is 84.9 Å². The molecule has 0 heterocycles. The first-order valence-electron chi connectivity index (χ1n) is 10.1. The molecule has 0 fully saturated rings. The molecule has 6 heteroatoms. The van der Waals surface area contributed by atoms with Crippen LogP contribution in [0.2, 0.25) is 0 Å². The molecule has 0 aliphatic heterocycles. The van der Waals surface area contributed by atoms with Crippen molar-refractivity contribution >= 4 is 34.0 Å². The lowest BCUT2D eigenvalue weighted by Gasteiger charge is -2.19. The van der Waals surface area contributed by atoms with Crippen LogP contribution in [-0.4, -0.2) is 37.5 Å². The van der Waals surface area contributed by atoms with Crippen molar-refractivity contribution in [1.29, 1.82) is 0 Å². The summed E-state index contributed by atoms with van der Waals surface area (Å²) >= 11 is 0. The third-order valence-corrected chi connectivity index (χ3v) is 8.07. The molecule has 1 N–H and O–H groups in total. The summed E-state index contributed by atoms with van der Waals surface area (Å²) in [6.07, 6.45) is 0. The Morgan fingerprint density at radius 2 is 1.03 bits per heavy atom. The van der Waals surface area contributed by atoms with Gasteiger partial charge in [-0.1, -0.05) is 93.6 Å². The fraction of sp³-hybridized carbons (Fsp3) is 0.250. The van der Waals surface area contributed by atoms with Crippen LogP contribution in [0.25, 0.3) is 0 Å². The van der Waals surface area contributed by atoms with Crippen LogP contribution in [-0.2, 0) is 10.1 Å². The van der Waals surface area contributed by atoms with Crippen molar-refractivity contribution in [2.45, 2.75) is 25.7 Å². The third kappa shape index (κ3) is 7.03. The van der Waals surface area contributed by atoms with Crippen LogP contribution in [0.3, 0.4) is 0 Å². The van der Waals surface area contributed by atoms with Crippen LogP contribution in [0.15, 0.2) is 89.8 Å². The minimum Gasteiger partial charge on any atom is -0.304 e. The maximum Gasteiger partial charge on any atom is 0.294 e. The second-order valence-electron chi connectivity index (χ2n) is 6.59. The molecule has 30 heavy (non-hydrogen) atoms. The van der Waals surface area contributed by atoms with Gasteiger partial charge in [0.1, 0.15) is 0 Å². The molecule has 4 nitrogen and oxygen atoms in total. The van der Waals surface area contributed by atoms with E-state index in [9.17, 15) is 8.42 Å². The van der Waals surface area contributed by atoms with Gasteiger partial charge in [-0.15, -0.1) is 0 Å². The van der Waals surface area contributed by atoms with Gasteiger partial charge in [0.2, 0.25) is 0 Å². The Bertz CT molecular complexity index is 929. The zero-order chi connectivity index (χ0) is 22.0. The van der Waals surface area contributed by atoms with E-state index in [1.807, 2.05) is 36.4 Å². The van der Waals surface area contributed by atoms with E-state index in [2.05, 4.69) is 49.9 Å². The molecule has 0 aromatic heterocycles. The molecular weight excluding hydrogens is 413 g/mol. The van der Waals surface area contributed by atoms with Gasteiger partial charge >= 0.3 is 0 Å². The van der Waals surface area contributed by atoms with Crippen LogP contribution in [0.4, 0.5) is 0 Å². The number of rotatable bonds is 7. The first kappa shape index (κ1) is 24.2. The molecule has 3 aromatic carbocycles. The first-order chi connectivity index (χ1) is 14.4. The molecule has 160 valence electrons. The minimum absolute atomic E-state index is 0.0858. The van der Waals surface area contributed by atoms with Crippen LogP contribution in [0, 0.1) is 0 Å². The summed E-state index contributed by atoms with van der Waals surface area (Å²) in [6.45, 7) is 10.1. The molecule has 0 unspecified atom stereocenters. The highest BCUT2D eigenvalue weighted by Gasteiger charge is 2.17. The molecule has 0 atom stereocenters. The van der Waals surface area contributed by atoms with Gasteiger partial charge in [0.15, 0.2) is 0 Å². The summed E-state index contributed by atoms with van der Waals surface area (Å²) in [4.78, 5) is 2.29. The molecule has 0 radical (unpaired) electrons. The standard InChI is InChI=1S/C18H15O3PS.C6H15N/c19-23(20,21)18-13-11-17(12-14-18)22(15-7-3-1-4-8-15)16-9-5-2-6-10-16;1-4-7(5-2)6-3/h1-14H,(H,19,20,21);4-6H2,1-3H3. The molecule has 0 aliphatic rings. The predicted molar refractivity (Wildman–Crippen MR) is 128 cm³/mol. The van der Waals surface area contributed by atoms with E-state index >= 15 is 0 Å². The van der Waals surface area contributed by atoms with E-state index in [1.165, 1.54) is 42.4 Å². The fourth-order valence-corrected chi connectivity index (χ4v) is 5.80. The van der Waals surface area contributed by atoms with Crippen molar-refractivity contribution in [1.82, 2.24) is 4.90 Å². The summed E-state index contributed by atoms with van der Waals surface area (Å²) in [6, 6.07) is 26.7. The average molecular weight is 444 g/mol. The molecule has 0 saturated carbocycles. The maximum absolute atomic E-state index is 11.2. The van der Waals surface area contributed by atoms with E-state index in [0.717, 1.165) is 5.30 Å². The van der Waals surface area contributed by atoms with Gasteiger partial charge in [-0.3, -0.25) is 4.55 Å². The molecular formula is C24H30NO3PS. The van der Waals surface area contributed by atoms with Gasteiger partial charge in [0.25, 0.3) is 10.1 Å². The second-order valence-corrected chi connectivity index (χ2v) is 10.2. The molecule has 0 bridgehead atoms. The Balaban J connectivity index is 0.000000396. The van der Waals surface area contributed by atoms with E-state index in [1.54, 1.807) is 12.1 Å². The van der Waals surface area contributed by atoms with Crippen molar-refractivity contribution < 1.29 is 13.0 Å². The average Bonchev–Trinajstić information content (AvgIpc) is 2.77. The fourth-order valence-electron chi connectivity index (χ4n) is 3.04. The summed E-state index contributed by atoms with van der Waals surface area (Å²) in [5.74, 6) is 0.